The molecule has 1 fully saturated rings. The van der Waals surface area contributed by atoms with Crippen molar-refractivity contribution in [3.8, 4) is 0 Å². The van der Waals surface area contributed by atoms with E-state index in [4.69, 9.17) is 11.6 Å². The van der Waals surface area contributed by atoms with Gasteiger partial charge >= 0.3 is 6.18 Å². The Hall–Kier alpha value is -2.81. The fourth-order valence-corrected chi connectivity index (χ4v) is 3.13. The second-order valence-electron chi connectivity index (χ2n) is 6.61. The summed E-state index contributed by atoms with van der Waals surface area (Å²) in [5.41, 5.74) is 4.34. The van der Waals surface area contributed by atoms with Crippen LogP contribution in [0.4, 0.5) is 19.0 Å². The van der Waals surface area contributed by atoms with Gasteiger partial charge in [-0.05, 0) is 49.2 Å². The molecule has 10 heteroatoms. The van der Waals surface area contributed by atoms with Gasteiger partial charge in [-0.25, -0.2) is 4.98 Å². The van der Waals surface area contributed by atoms with Crippen molar-refractivity contribution in [2.24, 2.45) is 5.92 Å². The van der Waals surface area contributed by atoms with Crippen LogP contribution >= 0.6 is 11.6 Å². The second-order valence-corrected chi connectivity index (χ2v) is 7.05. The van der Waals surface area contributed by atoms with Crippen LogP contribution in [-0.4, -0.2) is 29.9 Å². The molecule has 3 rings (SSSR count). The minimum atomic E-state index is -4.42. The molecule has 154 valence electrons. The Morgan fingerprint density at radius 3 is 2.24 bits per heavy atom. The van der Waals surface area contributed by atoms with Crippen LogP contribution in [0.25, 0.3) is 0 Å². The van der Waals surface area contributed by atoms with E-state index in [1.54, 1.807) is 24.3 Å². The van der Waals surface area contributed by atoms with E-state index in [1.165, 1.54) is 6.07 Å². The van der Waals surface area contributed by atoms with Crippen molar-refractivity contribution in [2.75, 3.05) is 18.0 Å². The quantitative estimate of drug-likeness (QED) is 0.737. The number of anilines is 1. The Labute approximate surface area is 170 Å². The molecule has 6 nitrogen and oxygen atoms in total. The van der Waals surface area contributed by atoms with Crippen molar-refractivity contribution < 1.29 is 22.8 Å². The molecule has 2 amide bonds. The summed E-state index contributed by atoms with van der Waals surface area (Å²) >= 11 is 5.77. The van der Waals surface area contributed by atoms with Crippen LogP contribution in [0.2, 0.25) is 5.02 Å². The van der Waals surface area contributed by atoms with Crippen LogP contribution in [0.15, 0.2) is 42.6 Å². The average Bonchev–Trinajstić information content (AvgIpc) is 2.72. The number of hydrogen-bond donors (Lipinski definition) is 2. The third-order valence-corrected chi connectivity index (χ3v) is 4.92. The van der Waals surface area contributed by atoms with E-state index in [0.717, 1.165) is 12.3 Å². The number of aromatic nitrogens is 1. The lowest BCUT2D eigenvalue weighted by Gasteiger charge is -2.32. The first-order valence-corrected chi connectivity index (χ1v) is 9.26. The Bertz CT molecular complexity index is 865. The first kappa shape index (κ1) is 20.9. The number of carbonyl (C=O) groups is 2. The highest BCUT2D eigenvalue weighted by atomic mass is 35.5. The molecular weight excluding hydrogens is 409 g/mol. The number of nitrogens with zero attached hydrogens (tertiary/aromatic N) is 2. The number of halogens is 4. The van der Waals surface area contributed by atoms with Gasteiger partial charge in [-0.3, -0.25) is 20.4 Å². The Balaban J connectivity index is 1.48. The van der Waals surface area contributed by atoms with Gasteiger partial charge in [-0.15, -0.1) is 0 Å². The van der Waals surface area contributed by atoms with Crippen molar-refractivity contribution in [1.29, 1.82) is 0 Å². The highest BCUT2D eigenvalue weighted by Crippen LogP contribution is 2.30. The van der Waals surface area contributed by atoms with Gasteiger partial charge in [0.2, 0.25) is 5.91 Å². The molecule has 2 N–H and O–H groups in total. The fraction of sp³-hybridized carbons (Fsp3) is 0.316. The summed E-state index contributed by atoms with van der Waals surface area (Å²) in [4.78, 5) is 30.0. The molecule has 1 aliphatic rings. The molecule has 0 saturated carbocycles. The van der Waals surface area contributed by atoms with E-state index in [9.17, 15) is 22.8 Å². The third kappa shape index (κ3) is 5.38. The van der Waals surface area contributed by atoms with E-state index in [1.807, 2.05) is 4.90 Å². The van der Waals surface area contributed by atoms with E-state index in [0.29, 0.717) is 42.3 Å². The van der Waals surface area contributed by atoms with Crippen molar-refractivity contribution in [1.82, 2.24) is 15.8 Å². The molecule has 1 saturated heterocycles. The number of hydrazine groups is 1. The predicted octanol–water partition coefficient (Wildman–Crippen LogP) is 3.43. The average molecular weight is 427 g/mol. The predicted molar refractivity (Wildman–Crippen MR) is 101 cm³/mol. The highest BCUT2D eigenvalue weighted by Gasteiger charge is 2.31. The van der Waals surface area contributed by atoms with Crippen LogP contribution in [-0.2, 0) is 11.0 Å². The zero-order valence-corrected chi connectivity index (χ0v) is 15.9. The Kier molecular flexibility index (Phi) is 6.26. The molecule has 0 atom stereocenters. The molecule has 1 aromatic carbocycles. The molecule has 0 radical (unpaired) electrons. The zero-order valence-electron chi connectivity index (χ0n) is 15.2. The number of nitrogens with one attached hydrogen (secondary N) is 2. The van der Waals surface area contributed by atoms with E-state index in [2.05, 4.69) is 15.8 Å². The fourth-order valence-electron chi connectivity index (χ4n) is 3.01. The van der Waals surface area contributed by atoms with Gasteiger partial charge in [0.15, 0.2) is 0 Å². The molecule has 1 aliphatic heterocycles. The molecular formula is C19H18ClF3N4O2. The van der Waals surface area contributed by atoms with E-state index >= 15 is 0 Å². The Morgan fingerprint density at radius 1 is 1.03 bits per heavy atom. The summed E-state index contributed by atoms with van der Waals surface area (Å²) in [6, 6.07) is 8.55. The summed E-state index contributed by atoms with van der Waals surface area (Å²) in [7, 11) is 0. The van der Waals surface area contributed by atoms with Crippen molar-refractivity contribution in [3.05, 3.63) is 58.7 Å². The van der Waals surface area contributed by atoms with Crippen LogP contribution in [0.1, 0.15) is 28.8 Å². The largest absolute Gasteiger partial charge is 0.417 e. The van der Waals surface area contributed by atoms with Gasteiger partial charge in [0, 0.05) is 35.8 Å². The maximum atomic E-state index is 12.6. The van der Waals surface area contributed by atoms with Gasteiger partial charge in [0.25, 0.3) is 5.91 Å². The van der Waals surface area contributed by atoms with Crippen molar-refractivity contribution in [3.63, 3.8) is 0 Å². The third-order valence-electron chi connectivity index (χ3n) is 4.67. The molecule has 2 heterocycles. The van der Waals surface area contributed by atoms with Crippen LogP contribution in [0.5, 0.6) is 0 Å². The van der Waals surface area contributed by atoms with Crippen LogP contribution in [0, 0.1) is 5.92 Å². The number of benzene rings is 1. The van der Waals surface area contributed by atoms with Gasteiger partial charge in [-0.1, -0.05) is 11.6 Å². The number of rotatable bonds is 3. The lowest BCUT2D eigenvalue weighted by Crippen LogP contribution is -2.47. The number of carbonyl (C=O) groups excluding carboxylic acids is 2. The maximum absolute atomic E-state index is 12.6. The number of hydrogen-bond acceptors (Lipinski definition) is 4. The Morgan fingerprint density at radius 2 is 1.69 bits per heavy atom. The van der Waals surface area contributed by atoms with E-state index in [-0.39, 0.29) is 11.8 Å². The summed E-state index contributed by atoms with van der Waals surface area (Å²) in [5.74, 6) is -0.645. The lowest BCUT2D eigenvalue weighted by molar-refractivity contribution is -0.137. The summed E-state index contributed by atoms with van der Waals surface area (Å²) < 4.78 is 37.9. The van der Waals surface area contributed by atoms with Crippen molar-refractivity contribution in [2.45, 2.75) is 19.0 Å². The minimum absolute atomic E-state index is 0.313. The molecule has 0 unspecified atom stereocenters. The molecule has 0 spiro atoms. The molecule has 1 aromatic heterocycles. The summed E-state index contributed by atoms with van der Waals surface area (Å²) in [5, 5.41) is 0.500. The van der Waals surface area contributed by atoms with Gasteiger partial charge in [-0.2, -0.15) is 13.2 Å². The number of piperidine rings is 1. The second kappa shape index (κ2) is 8.69. The normalized spacial score (nSPS) is 15.1. The monoisotopic (exact) mass is 426 g/mol. The SMILES string of the molecule is O=C(NNC(=O)C1CCN(c2ccc(C(F)(F)F)cn2)CC1)c1ccc(Cl)cc1. The topological polar surface area (TPSA) is 74.3 Å². The minimum Gasteiger partial charge on any atom is -0.357 e. The zero-order chi connectivity index (χ0) is 21.0. The highest BCUT2D eigenvalue weighted by molar-refractivity contribution is 6.30. The smallest absolute Gasteiger partial charge is 0.357 e. The lowest BCUT2D eigenvalue weighted by atomic mass is 9.96. The maximum Gasteiger partial charge on any atom is 0.417 e. The van der Waals surface area contributed by atoms with Gasteiger partial charge < -0.3 is 4.90 Å². The summed E-state index contributed by atoms with van der Waals surface area (Å²) in [6.07, 6.45) is -2.63. The molecule has 0 bridgehead atoms. The first-order chi connectivity index (χ1) is 13.7. The number of alkyl halides is 3. The van der Waals surface area contributed by atoms with E-state index < -0.39 is 17.6 Å². The van der Waals surface area contributed by atoms with Gasteiger partial charge in [0.05, 0.1) is 5.56 Å². The number of amides is 2. The molecule has 29 heavy (non-hydrogen) atoms. The van der Waals surface area contributed by atoms with Crippen LogP contribution < -0.4 is 15.8 Å². The standard InChI is InChI=1S/C19H18ClF3N4O2/c20-15-4-1-12(2-5-15)17(28)25-26-18(29)13-7-9-27(10-8-13)16-6-3-14(11-24-16)19(21,22)23/h1-6,11,13H,7-10H2,(H,25,28)(H,26,29). The summed E-state index contributed by atoms with van der Waals surface area (Å²) in [6.45, 7) is 0.948. The molecule has 2 aromatic rings. The van der Waals surface area contributed by atoms with Crippen LogP contribution in [0.3, 0.4) is 0 Å². The molecule has 0 aliphatic carbocycles. The van der Waals surface area contributed by atoms with Crippen molar-refractivity contribution >= 4 is 29.2 Å². The first-order valence-electron chi connectivity index (χ1n) is 8.88. The van der Waals surface area contributed by atoms with Gasteiger partial charge in [0.1, 0.15) is 5.82 Å². The number of pyridine rings is 1.